The Morgan fingerprint density at radius 1 is 1.19 bits per heavy atom. The van der Waals surface area contributed by atoms with Gasteiger partial charge in [-0.2, -0.15) is 0 Å². The van der Waals surface area contributed by atoms with Crippen molar-refractivity contribution in [3.8, 4) is 0 Å². The number of nitrogens with two attached hydrogens (primary N) is 1. The molecule has 0 aliphatic carbocycles. The largest absolute Gasteiger partial charge is 0.397 e. The highest BCUT2D eigenvalue weighted by Crippen LogP contribution is 2.19. The molecule has 0 bridgehead atoms. The number of nitrogen functional groups attached to an aromatic ring is 1. The van der Waals surface area contributed by atoms with E-state index in [2.05, 4.69) is 10.6 Å². The van der Waals surface area contributed by atoms with E-state index in [1.807, 2.05) is 20.8 Å². The second-order valence-electron chi connectivity index (χ2n) is 4.58. The van der Waals surface area contributed by atoms with Gasteiger partial charge in [-0.05, 0) is 39.0 Å². The van der Waals surface area contributed by atoms with Gasteiger partial charge in [-0.25, -0.2) is 0 Å². The average Bonchev–Trinajstić information content (AvgIpc) is 2.47. The molecule has 6 nitrogen and oxygen atoms in total. The molecule has 4 N–H and O–H groups in total. The molecule has 0 spiro atoms. The maximum atomic E-state index is 12.0. The number of nitrogens with one attached hydrogen (secondary N) is 2. The van der Waals surface area contributed by atoms with Crippen LogP contribution < -0.4 is 16.4 Å². The number of benzene rings is 1. The van der Waals surface area contributed by atoms with Gasteiger partial charge in [-0.3, -0.25) is 9.59 Å². The number of hydrogen-bond donors (Lipinski definition) is 3. The van der Waals surface area contributed by atoms with E-state index in [1.165, 1.54) is 0 Å². The van der Waals surface area contributed by atoms with Crippen molar-refractivity contribution >= 4 is 23.2 Å². The molecule has 0 unspecified atom stereocenters. The highest BCUT2D eigenvalue weighted by molar-refractivity contribution is 5.96. The Hall–Kier alpha value is -2.24. The minimum Gasteiger partial charge on any atom is -0.397 e. The molecule has 21 heavy (non-hydrogen) atoms. The Bertz CT molecular complexity index is 498. The van der Waals surface area contributed by atoms with Gasteiger partial charge in [0.25, 0.3) is 5.91 Å². The van der Waals surface area contributed by atoms with Gasteiger partial charge >= 0.3 is 0 Å². The zero-order valence-electron chi connectivity index (χ0n) is 12.9. The van der Waals surface area contributed by atoms with Crippen molar-refractivity contribution in [3.63, 3.8) is 0 Å². The fourth-order valence-corrected chi connectivity index (χ4v) is 1.97. The minimum absolute atomic E-state index is 0.00260. The van der Waals surface area contributed by atoms with Crippen LogP contribution in [0.15, 0.2) is 18.2 Å². The molecule has 0 saturated heterocycles. The van der Waals surface area contributed by atoms with E-state index in [9.17, 15) is 9.59 Å². The summed E-state index contributed by atoms with van der Waals surface area (Å²) in [5.41, 5.74) is 7.50. The molecule has 1 aromatic carbocycles. The first-order valence-corrected chi connectivity index (χ1v) is 7.22. The highest BCUT2D eigenvalue weighted by atomic mass is 16.2. The Kier molecular flexibility index (Phi) is 6.52. The molecule has 116 valence electrons. The summed E-state index contributed by atoms with van der Waals surface area (Å²) in [5, 5.41) is 5.73. The van der Waals surface area contributed by atoms with Crippen LogP contribution in [0.25, 0.3) is 0 Å². The van der Waals surface area contributed by atoms with Crippen LogP contribution in [0.3, 0.4) is 0 Å². The van der Waals surface area contributed by atoms with Gasteiger partial charge in [-0.15, -0.1) is 0 Å². The quantitative estimate of drug-likeness (QED) is 0.661. The van der Waals surface area contributed by atoms with E-state index in [1.54, 1.807) is 23.1 Å². The fraction of sp³-hybridized carbons (Fsp3) is 0.467. The van der Waals surface area contributed by atoms with Crippen molar-refractivity contribution < 1.29 is 9.59 Å². The second kappa shape index (κ2) is 8.14. The third-order valence-electron chi connectivity index (χ3n) is 3.20. The van der Waals surface area contributed by atoms with Crippen molar-refractivity contribution in [2.45, 2.75) is 20.8 Å². The van der Waals surface area contributed by atoms with Crippen LogP contribution in [0.5, 0.6) is 0 Å². The van der Waals surface area contributed by atoms with Crippen LogP contribution in [0.4, 0.5) is 11.4 Å². The first-order valence-electron chi connectivity index (χ1n) is 7.22. The lowest BCUT2D eigenvalue weighted by Gasteiger charge is -2.19. The lowest BCUT2D eigenvalue weighted by atomic mass is 10.1. The van der Waals surface area contributed by atoms with Crippen molar-refractivity contribution in [1.82, 2.24) is 10.2 Å². The molecule has 0 atom stereocenters. The van der Waals surface area contributed by atoms with Crippen molar-refractivity contribution in [2.75, 3.05) is 37.2 Å². The molecule has 1 aromatic rings. The summed E-state index contributed by atoms with van der Waals surface area (Å²) < 4.78 is 0. The van der Waals surface area contributed by atoms with Gasteiger partial charge in [-0.1, -0.05) is 0 Å². The molecule has 0 aliphatic heterocycles. The molecule has 0 radical (unpaired) electrons. The molecule has 0 heterocycles. The summed E-state index contributed by atoms with van der Waals surface area (Å²) in [6.07, 6.45) is 0. The SMILES string of the molecule is CCNC(=O)c1ccc(N)c(NCC(=O)N(CC)CC)c1. The maximum Gasteiger partial charge on any atom is 0.251 e. The molecule has 0 aliphatic rings. The van der Waals surface area contributed by atoms with E-state index in [0.29, 0.717) is 36.6 Å². The fourth-order valence-electron chi connectivity index (χ4n) is 1.97. The molecule has 6 heteroatoms. The molecule has 2 amide bonds. The van der Waals surface area contributed by atoms with E-state index in [-0.39, 0.29) is 18.4 Å². The summed E-state index contributed by atoms with van der Waals surface area (Å²) in [6.45, 7) is 7.79. The van der Waals surface area contributed by atoms with Crippen LogP contribution >= 0.6 is 0 Å². The molecular formula is C15H24N4O2. The highest BCUT2D eigenvalue weighted by Gasteiger charge is 2.11. The Morgan fingerprint density at radius 2 is 1.86 bits per heavy atom. The summed E-state index contributed by atoms with van der Waals surface area (Å²) in [4.78, 5) is 25.5. The number of nitrogens with zero attached hydrogens (tertiary/aromatic N) is 1. The summed E-state index contributed by atoms with van der Waals surface area (Å²) in [7, 11) is 0. The zero-order valence-corrected chi connectivity index (χ0v) is 12.9. The number of hydrogen-bond acceptors (Lipinski definition) is 4. The van der Waals surface area contributed by atoms with Crippen LogP contribution in [0, 0.1) is 0 Å². The first-order chi connectivity index (χ1) is 10.0. The van der Waals surface area contributed by atoms with Gasteiger partial charge in [0, 0.05) is 25.2 Å². The van der Waals surface area contributed by atoms with Crippen LogP contribution in [-0.4, -0.2) is 42.9 Å². The minimum atomic E-state index is -0.157. The topological polar surface area (TPSA) is 87.5 Å². The average molecular weight is 292 g/mol. The Labute approximate surface area is 125 Å². The molecule has 0 saturated carbocycles. The number of rotatable bonds is 7. The summed E-state index contributed by atoms with van der Waals surface area (Å²) in [5.74, 6) is -0.154. The molecule has 1 rings (SSSR count). The van der Waals surface area contributed by atoms with Crippen LogP contribution in [0.2, 0.25) is 0 Å². The number of amides is 2. The normalized spacial score (nSPS) is 10.0. The van der Waals surface area contributed by atoms with Gasteiger partial charge in [0.05, 0.1) is 17.9 Å². The second-order valence-corrected chi connectivity index (χ2v) is 4.58. The van der Waals surface area contributed by atoms with Gasteiger partial charge in [0.15, 0.2) is 0 Å². The van der Waals surface area contributed by atoms with Crippen molar-refractivity contribution in [3.05, 3.63) is 23.8 Å². The number of carbonyl (C=O) groups is 2. The van der Waals surface area contributed by atoms with E-state index in [4.69, 9.17) is 5.73 Å². The number of carbonyl (C=O) groups excluding carboxylic acids is 2. The lowest BCUT2D eigenvalue weighted by molar-refractivity contribution is -0.128. The number of anilines is 2. The van der Waals surface area contributed by atoms with E-state index < -0.39 is 0 Å². The van der Waals surface area contributed by atoms with Crippen molar-refractivity contribution in [1.29, 1.82) is 0 Å². The van der Waals surface area contributed by atoms with Gasteiger partial charge in [0.1, 0.15) is 0 Å². The van der Waals surface area contributed by atoms with Gasteiger partial charge in [0.2, 0.25) is 5.91 Å². The summed E-state index contributed by atoms with van der Waals surface area (Å²) in [6, 6.07) is 4.99. The van der Waals surface area contributed by atoms with E-state index >= 15 is 0 Å². The molecular weight excluding hydrogens is 268 g/mol. The Morgan fingerprint density at radius 3 is 2.43 bits per heavy atom. The molecule has 0 fully saturated rings. The van der Waals surface area contributed by atoms with Crippen LogP contribution in [-0.2, 0) is 4.79 Å². The first kappa shape index (κ1) is 16.8. The standard InChI is InChI=1S/C15H24N4O2/c1-4-17-15(21)11-7-8-12(16)13(9-11)18-10-14(20)19(5-2)6-3/h7-9,18H,4-6,10,16H2,1-3H3,(H,17,21). The van der Waals surface area contributed by atoms with Gasteiger partial charge < -0.3 is 21.3 Å². The molecule has 0 aromatic heterocycles. The zero-order chi connectivity index (χ0) is 15.8. The predicted octanol–water partition coefficient (Wildman–Crippen LogP) is 1.30. The monoisotopic (exact) mass is 292 g/mol. The smallest absolute Gasteiger partial charge is 0.251 e. The third kappa shape index (κ3) is 4.66. The van der Waals surface area contributed by atoms with Crippen LogP contribution in [0.1, 0.15) is 31.1 Å². The maximum absolute atomic E-state index is 12.0. The lowest BCUT2D eigenvalue weighted by Crippen LogP contribution is -2.35. The third-order valence-corrected chi connectivity index (χ3v) is 3.20. The van der Waals surface area contributed by atoms with Crippen molar-refractivity contribution in [2.24, 2.45) is 0 Å². The van der Waals surface area contributed by atoms with E-state index in [0.717, 1.165) is 0 Å². The predicted molar refractivity (Wildman–Crippen MR) is 85.3 cm³/mol. The number of likely N-dealkylation sites (N-methyl/N-ethyl adjacent to an activating group) is 1. The Balaban J connectivity index is 2.76. The summed E-state index contributed by atoms with van der Waals surface area (Å²) >= 11 is 0.